The molecule has 1 aromatic heterocycles. The van der Waals surface area contributed by atoms with Crippen molar-refractivity contribution in [2.45, 2.75) is 38.4 Å². The van der Waals surface area contributed by atoms with Gasteiger partial charge in [-0.15, -0.1) is 0 Å². The summed E-state index contributed by atoms with van der Waals surface area (Å²) >= 11 is 0. The minimum Gasteiger partial charge on any atom is -0.480 e. The highest BCUT2D eigenvalue weighted by molar-refractivity contribution is 5.91. The SMILES string of the molecule is CCn1cnc2c1CC(C(=O)O)N(C(=O)C(c1ccccc1)c1ccccc1)C2. The zero-order valence-electron chi connectivity index (χ0n) is 16.2. The van der Waals surface area contributed by atoms with Crippen LogP contribution < -0.4 is 0 Å². The quantitative estimate of drug-likeness (QED) is 0.728. The van der Waals surface area contributed by atoms with E-state index in [-0.39, 0.29) is 18.9 Å². The number of amides is 1. The Kier molecular flexibility index (Phi) is 5.16. The number of benzene rings is 2. The van der Waals surface area contributed by atoms with Crippen LogP contribution in [-0.2, 0) is 29.1 Å². The summed E-state index contributed by atoms with van der Waals surface area (Å²) in [6, 6.07) is 18.1. The van der Waals surface area contributed by atoms with Crippen LogP contribution >= 0.6 is 0 Å². The van der Waals surface area contributed by atoms with E-state index in [4.69, 9.17) is 0 Å². The van der Waals surface area contributed by atoms with E-state index in [1.165, 1.54) is 4.90 Å². The van der Waals surface area contributed by atoms with Gasteiger partial charge in [-0.25, -0.2) is 9.78 Å². The van der Waals surface area contributed by atoms with Gasteiger partial charge in [0, 0.05) is 18.7 Å². The average molecular weight is 389 g/mol. The number of aliphatic carboxylic acids is 1. The number of fused-ring (bicyclic) bond motifs is 1. The summed E-state index contributed by atoms with van der Waals surface area (Å²) in [5.41, 5.74) is 3.37. The van der Waals surface area contributed by atoms with Crippen molar-refractivity contribution in [3.8, 4) is 0 Å². The van der Waals surface area contributed by atoms with E-state index in [0.717, 1.165) is 29.1 Å². The number of aryl methyl sites for hydroxylation is 1. The molecule has 0 fully saturated rings. The normalized spacial score (nSPS) is 15.9. The topological polar surface area (TPSA) is 75.4 Å². The summed E-state index contributed by atoms with van der Waals surface area (Å²) in [5.74, 6) is -1.77. The zero-order chi connectivity index (χ0) is 20.4. The van der Waals surface area contributed by atoms with Crippen LogP contribution in [0, 0.1) is 0 Å². The molecule has 4 rings (SSSR count). The van der Waals surface area contributed by atoms with Crippen LogP contribution in [-0.4, -0.2) is 37.5 Å². The molecule has 1 aliphatic heterocycles. The number of aromatic nitrogens is 2. The first-order valence-electron chi connectivity index (χ1n) is 9.76. The third kappa shape index (κ3) is 3.53. The molecule has 0 radical (unpaired) electrons. The molecule has 0 aliphatic carbocycles. The van der Waals surface area contributed by atoms with Crippen molar-refractivity contribution in [1.82, 2.24) is 14.5 Å². The molecule has 1 unspecified atom stereocenters. The molecule has 0 spiro atoms. The Morgan fingerprint density at radius 2 is 1.66 bits per heavy atom. The third-order valence-corrected chi connectivity index (χ3v) is 5.54. The molecular weight excluding hydrogens is 366 g/mol. The van der Waals surface area contributed by atoms with Gasteiger partial charge in [0.15, 0.2) is 0 Å². The van der Waals surface area contributed by atoms with Crippen molar-refractivity contribution in [1.29, 1.82) is 0 Å². The second kappa shape index (κ2) is 7.91. The lowest BCUT2D eigenvalue weighted by molar-refractivity contribution is -0.151. The van der Waals surface area contributed by atoms with Crippen molar-refractivity contribution in [3.05, 3.63) is 89.5 Å². The van der Waals surface area contributed by atoms with Gasteiger partial charge in [-0.05, 0) is 18.1 Å². The summed E-state index contributed by atoms with van der Waals surface area (Å²) < 4.78 is 1.96. The molecule has 1 aliphatic rings. The van der Waals surface area contributed by atoms with Gasteiger partial charge in [0.1, 0.15) is 6.04 Å². The smallest absolute Gasteiger partial charge is 0.326 e. The van der Waals surface area contributed by atoms with Crippen LogP contribution in [0.5, 0.6) is 0 Å². The van der Waals surface area contributed by atoms with Crippen molar-refractivity contribution < 1.29 is 14.7 Å². The summed E-state index contributed by atoms with van der Waals surface area (Å²) in [5, 5.41) is 9.88. The Hall–Kier alpha value is -3.41. The maximum absolute atomic E-state index is 13.7. The summed E-state index contributed by atoms with van der Waals surface area (Å²) in [6.07, 6.45) is 1.99. The van der Waals surface area contributed by atoms with E-state index in [1.807, 2.05) is 72.2 Å². The van der Waals surface area contributed by atoms with Crippen LogP contribution in [0.25, 0.3) is 0 Å². The highest BCUT2D eigenvalue weighted by Crippen LogP contribution is 2.31. The molecule has 1 amide bonds. The second-order valence-electron chi connectivity index (χ2n) is 7.20. The molecule has 148 valence electrons. The van der Waals surface area contributed by atoms with Crippen LogP contribution in [0.4, 0.5) is 0 Å². The maximum atomic E-state index is 13.7. The number of imidazole rings is 1. The molecule has 2 heterocycles. The number of carbonyl (C=O) groups is 2. The second-order valence-corrected chi connectivity index (χ2v) is 7.20. The van der Waals surface area contributed by atoms with Crippen molar-refractivity contribution in [2.75, 3.05) is 0 Å². The fourth-order valence-electron chi connectivity index (χ4n) is 4.04. The minimum atomic E-state index is -0.993. The first-order chi connectivity index (χ1) is 14.1. The number of rotatable bonds is 5. The Labute approximate surface area is 169 Å². The Balaban J connectivity index is 1.75. The molecule has 6 heteroatoms. The summed E-state index contributed by atoms with van der Waals surface area (Å²) in [4.78, 5) is 31.7. The molecule has 29 heavy (non-hydrogen) atoms. The Morgan fingerprint density at radius 3 is 2.17 bits per heavy atom. The van der Waals surface area contributed by atoms with Crippen LogP contribution in [0.3, 0.4) is 0 Å². The highest BCUT2D eigenvalue weighted by atomic mass is 16.4. The van der Waals surface area contributed by atoms with Gasteiger partial charge in [0.05, 0.1) is 24.5 Å². The molecule has 6 nitrogen and oxygen atoms in total. The first-order valence-corrected chi connectivity index (χ1v) is 9.76. The number of nitrogens with zero attached hydrogens (tertiary/aromatic N) is 3. The fraction of sp³-hybridized carbons (Fsp3) is 0.261. The van der Waals surface area contributed by atoms with Gasteiger partial charge in [0.25, 0.3) is 0 Å². The van der Waals surface area contributed by atoms with E-state index in [2.05, 4.69) is 4.98 Å². The highest BCUT2D eigenvalue weighted by Gasteiger charge is 2.40. The average Bonchev–Trinajstić information content (AvgIpc) is 3.16. The fourth-order valence-corrected chi connectivity index (χ4v) is 4.04. The predicted octanol–water partition coefficient (Wildman–Crippen LogP) is 3.07. The van der Waals surface area contributed by atoms with E-state index in [9.17, 15) is 14.7 Å². The lowest BCUT2D eigenvalue weighted by Crippen LogP contribution is -2.50. The van der Waals surface area contributed by atoms with Crippen molar-refractivity contribution in [3.63, 3.8) is 0 Å². The number of hydrogen-bond donors (Lipinski definition) is 1. The molecule has 3 aromatic rings. The standard InChI is InChI=1S/C23H23N3O3/c1-2-25-15-24-18-14-26(20(23(28)29)13-19(18)25)22(27)21(16-9-5-3-6-10-16)17-11-7-4-8-12-17/h3-12,15,20-21H,2,13-14H2,1H3,(H,28,29). The number of hydrogen-bond acceptors (Lipinski definition) is 3. The largest absolute Gasteiger partial charge is 0.480 e. The van der Waals surface area contributed by atoms with E-state index >= 15 is 0 Å². The molecule has 1 atom stereocenters. The van der Waals surface area contributed by atoms with Gasteiger partial charge >= 0.3 is 5.97 Å². The molecule has 2 aromatic carbocycles. The lowest BCUT2D eigenvalue weighted by atomic mass is 9.88. The molecule has 0 saturated heterocycles. The van der Waals surface area contributed by atoms with E-state index in [0.29, 0.717) is 0 Å². The molecule has 1 N–H and O–H groups in total. The lowest BCUT2D eigenvalue weighted by Gasteiger charge is -2.35. The number of carboxylic acid groups (broad SMARTS) is 1. The number of carbonyl (C=O) groups excluding carboxylic acids is 1. The van der Waals surface area contributed by atoms with E-state index < -0.39 is 17.9 Å². The van der Waals surface area contributed by atoms with Crippen LogP contribution in [0.2, 0.25) is 0 Å². The van der Waals surface area contributed by atoms with Crippen LogP contribution in [0.1, 0.15) is 35.4 Å². The first kappa shape index (κ1) is 18.9. The number of carboxylic acids is 1. The minimum absolute atomic E-state index is 0.203. The van der Waals surface area contributed by atoms with Gasteiger partial charge < -0.3 is 14.6 Å². The maximum Gasteiger partial charge on any atom is 0.326 e. The van der Waals surface area contributed by atoms with E-state index in [1.54, 1.807) is 6.33 Å². The third-order valence-electron chi connectivity index (χ3n) is 5.54. The van der Waals surface area contributed by atoms with Gasteiger partial charge in [-0.1, -0.05) is 60.7 Å². The van der Waals surface area contributed by atoms with Crippen molar-refractivity contribution >= 4 is 11.9 Å². The Bertz CT molecular complexity index is 975. The Morgan fingerprint density at radius 1 is 1.07 bits per heavy atom. The summed E-state index contributed by atoms with van der Waals surface area (Å²) in [7, 11) is 0. The zero-order valence-corrected chi connectivity index (χ0v) is 16.2. The molecular formula is C23H23N3O3. The van der Waals surface area contributed by atoms with Gasteiger partial charge in [-0.3, -0.25) is 4.79 Å². The molecule has 0 saturated carbocycles. The predicted molar refractivity (Wildman–Crippen MR) is 108 cm³/mol. The van der Waals surface area contributed by atoms with Gasteiger partial charge in [-0.2, -0.15) is 0 Å². The van der Waals surface area contributed by atoms with Crippen LogP contribution in [0.15, 0.2) is 67.0 Å². The van der Waals surface area contributed by atoms with Gasteiger partial charge in [0.2, 0.25) is 5.91 Å². The van der Waals surface area contributed by atoms with Crippen molar-refractivity contribution in [2.24, 2.45) is 0 Å². The molecule has 0 bridgehead atoms. The monoisotopic (exact) mass is 389 g/mol. The summed E-state index contributed by atoms with van der Waals surface area (Å²) in [6.45, 7) is 2.92.